The zero-order valence-electron chi connectivity index (χ0n) is 8.80. The Bertz CT molecular complexity index is 394. The van der Waals surface area contributed by atoms with E-state index in [0.717, 1.165) is 13.2 Å². The van der Waals surface area contributed by atoms with E-state index in [9.17, 15) is 14.7 Å². The van der Waals surface area contributed by atoms with Gasteiger partial charge in [-0.1, -0.05) is 6.08 Å². The summed E-state index contributed by atoms with van der Waals surface area (Å²) in [6, 6.07) is 0. The quantitative estimate of drug-likeness (QED) is 0.617. The Morgan fingerprint density at radius 1 is 1.44 bits per heavy atom. The largest absolute Gasteiger partial charge is 0.479 e. The summed E-state index contributed by atoms with van der Waals surface area (Å²) in [5, 5.41) is 27.7. The number of hydrogen-bond donors (Lipinski definition) is 3. The van der Waals surface area contributed by atoms with Crippen molar-refractivity contribution >= 4 is 11.9 Å². The number of aliphatic hydroxyl groups excluding tert-OH is 1. The van der Waals surface area contributed by atoms with Crippen molar-refractivity contribution in [3.8, 4) is 0 Å². The van der Waals surface area contributed by atoms with Crippen molar-refractivity contribution in [3.05, 3.63) is 23.3 Å². The van der Waals surface area contributed by atoms with Gasteiger partial charge in [-0.25, -0.2) is 9.59 Å². The molecular weight excluding hydrogens is 216 g/mol. The molecule has 2 atom stereocenters. The minimum absolute atomic E-state index is 0.300. The number of allylic oxidation sites excluding steroid dienone is 2. The fourth-order valence-corrected chi connectivity index (χ4v) is 1.60. The molecular formula is C10H12O6. The number of aliphatic hydroxyl groups is 1. The van der Waals surface area contributed by atoms with Gasteiger partial charge in [0.05, 0.1) is 5.57 Å². The van der Waals surface area contributed by atoms with E-state index in [1.165, 1.54) is 13.0 Å². The Balaban J connectivity index is 3.31. The molecule has 0 aromatic heterocycles. The van der Waals surface area contributed by atoms with Crippen molar-refractivity contribution < 1.29 is 29.6 Å². The smallest absolute Gasteiger partial charge is 0.343 e. The molecule has 0 amide bonds. The van der Waals surface area contributed by atoms with Gasteiger partial charge in [0, 0.05) is 7.11 Å². The van der Waals surface area contributed by atoms with E-state index in [4.69, 9.17) is 14.9 Å². The third kappa shape index (κ3) is 1.62. The maximum Gasteiger partial charge on any atom is 0.343 e. The van der Waals surface area contributed by atoms with Crippen LogP contribution in [0.1, 0.15) is 6.92 Å². The maximum atomic E-state index is 11.0. The Labute approximate surface area is 91.5 Å². The van der Waals surface area contributed by atoms with Gasteiger partial charge in [-0.15, -0.1) is 0 Å². The van der Waals surface area contributed by atoms with Gasteiger partial charge in [-0.3, -0.25) is 0 Å². The van der Waals surface area contributed by atoms with Crippen LogP contribution in [-0.4, -0.2) is 46.1 Å². The molecule has 1 rings (SSSR count). The summed E-state index contributed by atoms with van der Waals surface area (Å²) in [7, 11) is 1.10. The van der Waals surface area contributed by atoms with Gasteiger partial charge in [0.1, 0.15) is 6.10 Å². The number of carbonyl (C=O) groups is 2. The van der Waals surface area contributed by atoms with Crippen LogP contribution in [0.4, 0.5) is 0 Å². The number of hydrogen-bond acceptors (Lipinski definition) is 4. The predicted octanol–water partition coefficient (Wildman–Crippen LogP) is -0.212. The van der Waals surface area contributed by atoms with Gasteiger partial charge in [0.15, 0.2) is 0 Å². The maximum absolute atomic E-state index is 11.0. The molecule has 0 bridgehead atoms. The molecule has 6 nitrogen and oxygen atoms in total. The second-order valence-electron chi connectivity index (χ2n) is 3.44. The molecule has 1 unspecified atom stereocenters. The summed E-state index contributed by atoms with van der Waals surface area (Å²) in [4.78, 5) is 21.9. The van der Waals surface area contributed by atoms with Gasteiger partial charge >= 0.3 is 11.9 Å². The molecule has 6 heteroatoms. The highest BCUT2D eigenvalue weighted by Crippen LogP contribution is 2.30. The van der Waals surface area contributed by atoms with Crippen molar-refractivity contribution in [2.45, 2.75) is 18.6 Å². The van der Waals surface area contributed by atoms with Gasteiger partial charge in [0.25, 0.3) is 0 Å². The molecule has 0 fully saturated rings. The van der Waals surface area contributed by atoms with Crippen LogP contribution in [0.15, 0.2) is 23.3 Å². The summed E-state index contributed by atoms with van der Waals surface area (Å²) in [6.07, 6.45) is 0.716. The highest BCUT2D eigenvalue weighted by Gasteiger charge is 2.49. The molecule has 0 aromatic carbocycles. The standard InChI is InChI=1S/C10H12O6/c1-5-3-4-10(16-2,9(14)15)7(11)6(5)8(12)13/h3-4,7,11H,1-2H3,(H,12,13)(H,14,15)/t7-,10?/m0/s1. The van der Waals surface area contributed by atoms with Gasteiger partial charge < -0.3 is 20.1 Å². The Morgan fingerprint density at radius 3 is 2.38 bits per heavy atom. The number of aliphatic carboxylic acids is 2. The summed E-state index contributed by atoms with van der Waals surface area (Å²) in [5.74, 6) is -2.80. The molecule has 0 saturated heterocycles. The second-order valence-corrected chi connectivity index (χ2v) is 3.44. The van der Waals surface area contributed by atoms with Crippen molar-refractivity contribution in [1.29, 1.82) is 0 Å². The molecule has 0 saturated carbocycles. The van der Waals surface area contributed by atoms with Crippen molar-refractivity contribution in [2.24, 2.45) is 0 Å². The average Bonchev–Trinajstić information content (AvgIpc) is 2.17. The lowest BCUT2D eigenvalue weighted by Gasteiger charge is -2.33. The van der Waals surface area contributed by atoms with Crippen LogP contribution in [0, 0.1) is 0 Å². The molecule has 1 aliphatic rings. The summed E-state index contributed by atoms with van der Waals surface area (Å²) < 4.78 is 4.75. The van der Waals surface area contributed by atoms with Crippen LogP contribution in [0.25, 0.3) is 0 Å². The van der Waals surface area contributed by atoms with Crippen LogP contribution in [0.5, 0.6) is 0 Å². The highest BCUT2D eigenvalue weighted by atomic mass is 16.5. The molecule has 0 heterocycles. The molecule has 0 aromatic rings. The Hall–Kier alpha value is -1.66. The van der Waals surface area contributed by atoms with E-state index >= 15 is 0 Å². The minimum atomic E-state index is -2.03. The number of rotatable bonds is 3. The highest BCUT2D eigenvalue weighted by molar-refractivity contribution is 5.94. The van der Waals surface area contributed by atoms with Crippen molar-refractivity contribution in [1.82, 2.24) is 0 Å². The first-order chi connectivity index (χ1) is 7.36. The predicted molar refractivity (Wildman–Crippen MR) is 52.9 cm³/mol. The Morgan fingerprint density at radius 2 is 2.00 bits per heavy atom. The zero-order valence-corrected chi connectivity index (χ0v) is 8.80. The normalized spacial score (nSPS) is 29.3. The molecule has 3 N–H and O–H groups in total. The topological polar surface area (TPSA) is 104 Å². The second kappa shape index (κ2) is 4.07. The van der Waals surface area contributed by atoms with Crippen LogP contribution in [-0.2, 0) is 14.3 Å². The van der Waals surface area contributed by atoms with Crippen LogP contribution >= 0.6 is 0 Å². The summed E-state index contributed by atoms with van der Waals surface area (Å²) >= 11 is 0. The van der Waals surface area contributed by atoms with Crippen molar-refractivity contribution in [2.75, 3.05) is 7.11 Å². The lowest BCUT2D eigenvalue weighted by Crippen LogP contribution is -2.53. The number of ether oxygens (including phenoxy) is 1. The lowest BCUT2D eigenvalue weighted by atomic mass is 9.83. The molecule has 1 aliphatic carbocycles. The van der Waals surface area contributed by atoms with Crippen molar-refractivity contribution in [3.63, 3.8) is 0 Å². The summed E-state index contributed by atoms with van der Waals surface area (Å²) in [5.41, 5.74) is -2.10. The average molecular weight is 228 g/mol. The third-order valence-electron chi connectivity index (χ3n) is 2.59. The van der Waals surface area contributed by atoms with E-state index < -0.39 is 23.6 Å². The third-order valence-corrected chi connectivity index (χ3v) is 2.59. The molecule has 16 heavy (non-hydrogen) atoms. The fourth-order valence-electron chi connectivity index (χ4n) is 1.60. The van der Waals surface area contributed by atoms with E-state index in [2.05, 4.69) is 0 Å². The summed E-state index contributed by atoms with van der Waals surface area (Å²) in [6.45, 7) is 1.48. The molecule has 88 valence electrons. The van der Waals surface area contributed by atoms with E-state index in [-0.39, 0.29) is 5.57 Å². The first kappa shape index (κ1) is 12.4. The van der Waals surface area contributed by atoms with E-state index in [1.54, 1.807) is 0 Å². The SMILES string of the molecule is COC1(C(=O)O)C=CC(C)=C(C(=O)O)[C@@H]1O. The first-order valence-corrected chi connectivity index (χ1v) is 4.46. The fraction of sp³-hybridized carbons (Fsp3) is 0.400. The number of methoxy groups -OCH3 is 1. The van der Waals surface area contributed by atoms with Gasteiger partial charge in [0.2, 0.25) is 5.60 Å². The number of carboxylic acid groups (broad SMARTS) is 2. The van der Waals surface area contributed by atoms with Gasteiger partial charge in [-0.05, 0) is 18.6 Å². The molecule has 0 spiro atoms. The first-order valence-electron chi connectivity index (χ1n) is 4.46. The Kier molecular flexibility index (Phi) is 3.16. The minimum Gasteiger partial charge on any atom is -0.479 e. The lowest BCUT2D eigenvalue weighted by molar-refractivity contribution is -0.166. The van der Waals surface area contributed by atoms with E-state index in [0.29, 0.717) is 5.57 Å². The van der Waals surface area contributed by atoms with Crippen LogP contribution in [0.2, 0.25) is 0 Å². The number of carboxylic acids is 2. The molecule has 0 radical (unpaired) electrons. The van der Waals surface area contributed by atoms with Gasteiger partial charge in [-0.2, -0.15) is 0 Å². The van der Waals surface area contributed by atoms with E-state index in [1.807, 2.05) is 0 Å². The monoisotopic (exact) mass is 228 g/mol. The van der Waals surface area contributed by atoms with Crippen LogP contribution in [0.3, 0.4) is 0 Å². The molecule has 0 aliphatic heterocycles. The zero-order chi connectivity index (χ0) is 12.5. The van der Waals surface area contributed by atoms with Crippen LogP contribution < -0.4 is 0 Å².